The summed E-state index contributed by atoms with van der Waals surface area (Å²) in [6.45, 7) is 9.94. The Balaban J connectivity index is 1.21. The van der Waals surface area contributed by atoms with Crippen LogP contribution in [0.15, 0.2) is 10.7 Å². The van der Waals surface area contributed by atoms with Gasteiger partial charge in [-0.05, 0) is 36.7 Å². The van der Waals surface area contributed by atoms with Crippen LogP contribution in [-0.2, 0) is 25.4 Å². The molecule has 7 heteroatoms. The highest BCUT2D eigenvalue weighted by atomic mass is 16.7. The first-order valence-electron chi connectivity index (χ1n) is 12.1. The number of rotatable bonds is 2. The van der Waals surface area contributed by atoms with Gasteiger partial charge in [-0.1, -0.05) is 20.8 Å². The van der Waals surface area contributed by atoms with E-state index in [-0.39, 0.29) is 29.6 Å². The molecule has 168 valence electrons. The number of fused-ring (bicyclic) bond motifs is 5. The number of aliphatic hydroxyl groups excluding tert-OH is 1. The highest BCUT2D eigenvalue weighted by Crippen LogP contribution is 2.83. The summed E-state index contributed by atoms with van der Waals surface area (Å²) in [6, 6.07) is 0. The second-order valence-electron chi connectivity index (χ2n) is 11.4. The van der Waals surface area contributed by atoms with Crippen LogP contribution in [0.4, 0.5) is 5.88 Å². The molecule has 2 spiro atoms. The lowest BCUT2D eigenvalue weighted by Gasteiger charge is -2.53. The summed E-state index contributed by atoms with van der Waals surface area (Å²) in [4.78, 5) is 2.33. The molecule has 3 aliphatic carbocycles. The summed E-state index contributed by atoms with van der Waals surface area (Å²) in [5.41, 5.74) is 1.05. The van der Waals surface area contributed by atoms with E-state index in [0.717, 1.165) is 51.4 Å². The van der Waals surface area contributed by atoms with Crippen LogP contribution in [-0.4, -0.2) is 72.6 Å². The fraction of sp³-hybridized carbons (Fsp3) is 0.833. The Kier molecular flexibility index (Phi) is 3.06. The van der Waals surface area contributed by atoms with Crippen LogP contribution in [0.1, 0.15) is 50.7 Å². The number of anilines is 1. The van der Waals surface area contributed by atoms with Gasteiger partial charge >= 0.3 is 0 Å². The third-order valence-electron chi connectivity index (χ3n) is 10.3. The summed E-state index contributed by atoms with van der Waals surface area (Å²) in [5.74, 6) is 1.59. The monoisotopic (exact) mass is 429 g/mol. The molecule has 6 fully saturated rings. The van der Waals surface area contributed by atoms with Gasteiger partial charge in [0.1, 0.15) is 29.5 Å². The van der Waals surface area contributed by atoms with Crippen molar-refractivity contribution in [3.8, 4) is 0 Å². The van der Waals surface area contributed by atoms with E-state index in [2.05, 4.69) is 25.7 Å². The van der Waals surface area contributed by atoms with Crippen LogP contribution in [0.5, 0.6) is 0 Å². The van der Waals surface area contributed by atoms with Crippen molar-refractivity contribution >= 4 is 5.88 Å². The second kappa shape index (κ2) is 5.17. The predicted octanol–water partition coefficient (Wildman–Crippen LogP) is 2.00. The third kappa shape index (κ3) is 1.70. The Hall–Kier alpha value is -1.12. The molecule has 7 aliphatic rings. The summed E-state index contributed by atoms with van der Waals surface area (Å²) < 4.78 is 31.1. The number of ether oxygens (including phenoxy) is 4. The van der Waals surface area contributed by atoms with Crippen LogP contribution in [0.2, 0.25) is 0 Å². The molecular weight excluding hydrogens is 398 g/mol. The highest BCUT2D eigenvalue weighted by Gasteiger charge is 3.00. The lowest BCUT2D eigenvalue weighted by Crippen LogP contribution is -2.68. The van der Waals surface area contributed by atoms with Gasteiger partial charge in [-0.15, -0.1) is 0 Å². The van der Waals surface area contributed by atoms with E-state index in [4.69, 9.17) is 23.4 Å². The number of morpholine rings is 1. The molecule has 4 saturated heterocycles. The molecule has 0 amide bonds. The fourth-order valence-electron chi connectivity index (χ4n) is 8.58. The Labute approximate surface area is 181 Å². The molecule has 1 N–H and O–H groups in total. The first kappa shape index (κ1) is 18.3. The van der Waals surface area contributed by atoms with E-state index in [1.165, 1.54) is 11.1 Å². The molecular formula is C24H31NO6. The summed E-state index contributed by atoms with van der Waals surface area (Å²) >= 11 is 0. The van der Waals surface area contributed by atoms with Gasteiger partial charge in [-0.25, -0.2) is 0 Å². The average Bonchev–Trinajstić information content (AvgIpc) is 3.66. The zero-order chi connectivity index (χ0) is 21.0. The van der Waals surface area contributed by atoms with E-state index in [1.807, 2.05) is 6.26 Å². The maximum atomic E-state index is 11.6. The minimum absolute atomic E-state index is 0.0109. The Morgan fingerprint density at radius 1 is 1.13 bits per heavy atom. The highest BCUT2D eigenvalue weighted by molar-refractivity contribution is 5.56. The molecule has 0 unspecified atom stereocenters. The topological polar surface area (TPSA) is 83.4 Å². The standard InChI is InChI=1S/C24H31NO6/c1-12(2)22-17(30-22)18-24(31-18)21(3)5-4-13-14(11-28-19(13)25-6-8-27-9-7-25)15(21)10-16-23(24,29-16)20(22)26/h11-12,15-18,20,26H,4-10H2,1-3H3/t15-,16-,17-,18-,20+,21-,22-,23+,24+/m0/s1. The molecule has 8 rings (SSSR count). The van der Waals surface area contributed by atoms with Crippen molar-refractivity contribution in [2.24, 2.45) is 11.3 Å². The van der Waals surface area contributed by atoms with Crippen molar-refractivity contribution in [2.45, 2.75) is 87.2 Å². The van der Waals surface area contributed by atoms with Gasteiger partial charge in [0.25, 0.3) is 0 Å². The average molecular weight is 430 g/mol. The number of aliphatic hydroxyl groups is 1. The number of furan rings is 1. The minimum atomic E-state index is -0.624. The van der Waals surface area contributed by atoms with Crippen molar-refractivity contribution in [2.75, 3.05) is 31.2 Å². The molecule has 4 aliphatic heterocycles. The van der Waals surface area contributed by atoms with Crippen LogP contribution >= 0.6 is 0 Å². The van der Waals surface area contributed by atoms with E-state index in [9.17, 15) is 5.11 Å². The largest absolute Gasteiger partial charge is 0.448 e. The lowest BCUT2D eigenvalue weighted by atomic mass is 9.47. The van der Waals surface area contributed by atoms with Gasteiger partial charge in [-0.3, -0.25) is 0 Å². The minimum Gasteiger partial charge on any atom is -0.448 e. The molecule has 31 heavy (non-hydrogen) atoms. The van der Waals surface area contributed by atoms with Crippen LogP contribution < -0.4 is 4.90 Å². The lowest BCUT2D eigenvalue weighted by molar-refractivity contribution is -0.0920. The SMILES string of the molecule is CC(C)[C@]12O[C@H]1[C@@H]1O[C@]13[C@]1(O[C@H]1C[C@H]1c4coc(N5CCOCC5)c4CC[C@@]13C)[C@@H]2O. The zero-order valence-corrected chi connectivity index (χ0v) is 18.4. The van der Waals surface area contributed by atoms with Gasteiger partial charge in [0.05, 0.1) is 25.6 Å². The first-order valence-corrected chi connectivity index (χ1v) is 12.1. The summed E-state index contributed by atoms with van der Waals surface area (Å²) in [7, 11) is 0. The first-order chi connectivity index (χ1) is 14.9. The Bertz CT molecular complexity index is 987. The van der Waals surface area contributed by atoms with Crippen LogP contribution in [0, 0.1) is 11.3 Å². The number of hydrogen-bond acceptors (Lipinski definition) is 7. The van der Waals surface area contributed by atoms with Gasteiger partial charge < -0.3 is 33.4 Å². The molecule has 0 radical (unpaired) electrons. The number of nitrogens with zero attached hydrogens (tertiary/aromatic N) is 1. The normalized spacial score (nSPS) is 55.4. The molecule has 0 bridgehead atoms. The fourth-order valence-corrected chi connectivity index (χ4v) is 8.58. The van der Waals surface area contributed by atoms with Crippen LogP contribution in [0.25, 0.3) is 0 Å². The van der Waals surface area contributed by atoms with Crippen molar-refractivity contribution in [1.29, 1.82) is 0 Å². The van der Waals surface area contributed by atoms with Crippen molar-refractivity contribution < 1.29 is 28.5 Å². The quantitative estimate of drug-likeness (QED) is 0.720. The predicted molar refractivity (Wildman–Crippen MR) is 109 cm³/mol. The summed E-state index contributed by atoms with van der Waals surface area (Å²) in [5, 5.41) is 11.6. The van der Waals surface area contributed by atoms with Gasteiger partial charge in [0, 0.05) is 24.1 Å². The third-order valence-corrected chi connectivity index (χ3v) is 10.3. The Morgan fingerprint density at radius 3 is 2.71 bits per heavy atom. The second-order valence-corrected chi connectivity index (χ2v) is 11.4. The molecule has 7 nitrogen and oxygen atoms in total. The summed E-state index contributed by atoms with van der Waals surface area (Å²) in [6.07, 6.45) is 4.33. The molecule has 5 heterocycles. The van der Waals surface area contributed by atoms with E-state index >= 15 is 0 Å². The maximum absolute atomic E-state index is 11.6. The van der Waals surface area contributed by atoms with E-state index in [1.54, 1.807) is 0 Å². The smallest absolute Gasteiger partial charge is 0.198 e. The maximum Gasteiger partial charge on any atom is 0.198 e. The van der Waals surface area contributed by atoms with E-state index in [0.29, 0.717) is 5.92 Å². The van der Waals surface area contributed by atoms with Crippen molar-refractivity contribution in [3.05, 3.63) is 17.4 Å². The molecule has 2 saturated carbocycles. The van der Waals surface area contributed by atoms with Crippen LogP contribution in [0.3, 0.4) is 0 Å². The van der Waals surface area contributed by atoms with Gasteiger partial charge in [-0.2, -0.15) is 0 Å². The van der Waals surface area contributed by atoms with Crippen molar-refractivity contribution in [3.63, 3.8) is 0 Å². The molecule has 0 aromatic carbocycles. The zero-order valence-electron chi connectivity index (χ0n) is 18.4. The number of epoxide rings is 3. The van der Waals surface area contributed by atoms with Crippen molar-refractivity contribution in [1.82, 2.24) is 0 Å². The number of hydrogen-bond donors (Lipinski definition) is 1. The molecule has 1 aromatic heterocycles. The molecule has 1 aromatic rings. The van der Waals surface area contributed by atoms with Gasteiger partial charge in [0.2, 0.25) is 0 Å². The molecule has 9 atom stereocenters. The van der Waals surface area contributed by atoms with E-state index < -0.39 is 22.9 Å². The Morgan fingerprint density at radius 2 is 1.94 bits per heavy atom. The van der Waals surface area contributed by atoms with Gasteiger partial charge in [0.15, 0.2) is 11.5 Å².